The quantitative estimate of drug-likeness (QED) is 0.231. The molecule has 34 heavy (non-hydrogen) atoms. The van der Waals surface area contributed by atoms with E-state index < -0.39 is 0 Å². The van der Waals surface area contributed by atoms with Crippen molar-refractivity contribution in [2.45, 2.75) is 6.61 Å². The molecule has 0 saturated carbocycles. The molecular formula is C29H24O4S. The summed E-state index contributed by atoms with van der Waals surface area (Å²) < 4.78 is 24.5. The van der Waals surface area contributed by atoms with Gasteiger partial charge in [0.2, 0.25) is 0 Å². The molecular weight excluding hydrogens is 444 g/mol. The molecule has 0 atom stereocenters. The molecule has 5 heteroatoms. The summed E-state index contributed by atoms with van der Waals surface area (Å²) in [4.78, 5) is 1.00. The molecule has 0 spiro atoms. The lowest BCUT2D eigenvalue weighted by molar-refractivity contribution is 0.306. The molecule has 0 unspecified atom stereocenters. The minimum absolute atomic E-state index is 0.524. The number of hydrogen-bond acceptors (Lipinski definition) is 5. The highest BCUT2D eigenvalue weighted by molar-refractivity contribution is 7.22. The molecule has 4 nitrogen and oxygen atoms in total. The fraction of sp³-hybridized carbons (Fsp3) is 0.103. The fourth-order valence-electron chi connectivity index (χ4n) is 3.75. The van der Waals surface area contributed by atoms with Gasteiger partial charge in [0, 0.05) is 15.6 Å². The van der Waals surface area contributed by atoms with Crippen LogP contribution in [0, 0.1) is 0 Å². The van der Waals surface area contributed by atoms with E-state index in [1.165, 1.54) is 0 Å². The van der Waals surface area contributed by atoms with Crippen molar-refractivity contribution in [3.63, 3.8) is 0 Å². The van der Waals surface area contributed by atoms with E-state index in [1.54, 1.807) is 25.6 Å². The number of fused-ring (bicyclic) bond motifs is 1. The van der Waals surface area contributed by atoms with Crippen LogP contribution in [0.4, 0.5) is 0 Å². The lowest BCUT2D eigenvalue weighted by Crippen LogP contribution is -1.95. The van der Waals surface area contributed by atoms with E-state index in [-0.39, 0.29) is 0 Å². The Morgan fingerprint density at radius 2 is 1.38 bits per heavy atom. The van der Waals surface area contributed by atoms with Gasteiger partial charge < -0.3 is 18.9 Å². The van der Waals surface area contributed by atoms with Crippen LogP contribution in [0.1, 0.15) is 5.56 Å². The maximum absolute atomic E-state index is 6.47. The van der Waals surface area contributed by atoms with E-state index in [4.69, 9.17) is 18.9 Å². The lowest BCUT2D eigenvalue weighted by atomic mass is 10.1. The molecule has 0 saturated heterocycles. The van der Waals surface area contributed by atoms with Crippen LogP contribution in [0.2, 0.25) is 0 Å². The SMILES string of the molecule is COc1ccc2c(Oc3ccc(OCc4ccccc4)cc3)c(-c3ccccc3OC)sc2c1. The Bertz CT molecular complexity index is 1390. The van der Waals surface area contributed by atoms with Crippen molar-refractivity contribution >= 4 is 21.4 Å². The highest BCUT2D eigenvalue weighted by atomic mass is 32.1. The molecule has 0 aliphatic heterocycles. The molecule has 1 aromatic heterocycles. The topological polar surface area (TPSA) is 36.9 Å². The molecule has 170 valence electrons. The summed E-state index contributed by atoms with van der Waals surface area (Å²) in [5, 5.41) is 1.02. The zero-order chi connectivity index (χ0) is 23.3. The van der Waals surface area contributed by atoms with Crippen LogP contribution >= 0.6 is 11.3 Å². The van der Waals surface area contributed by atoms with E-state index in [0.29, 0.717) is 6.61 Å². The molecule has 5 rings (SSSR count). The Labute approximate surface area is 202 Å². The molecule has 4 aromatic carbocycles. The van der Waals surface area contributed by atoms with Gasteiger partial charge in [-0.15, -0.1) is 11.3 Å². The van der Waals surface area contributed by atoms with Gasteiger partial charge >= 0.3 is 0 Å². The van der Waals surface area contributed by atoms with Gasteiger partial charge in [-0.25, -0.2) is 0 Å². The Kier molecular flexibility index (Phi) is 6.36. The lowest BCUT2D eigenvalue weighted by Gasteiger charge is -2.12. The van der Waals surface area contributed by atoms with Crippen molar-refractivity contribution in [2.75, 3.05) is 14.2 Å². The van der Waals surface area contributed by atoms with E-state index >= 15 is 0 Å². The van der Waals surface area contributed by atoms with Crippen molar-refractivity contribution in [2.24, 2.45) is 0 Å². The summed E-state index contributed by atoms with van der Waals surface area (Å²) in [6.45, 7) is 0.524. The number of rotatable bonds is 8. The van der Waals surface area contributed by atoms with Crippen LogP contribution in [0.5, 0.6) is 28.7 Å². The number of hydrogen-bond donors (Lipinski definition) is 0. The van der Waals surface area contributed by atoms with Crippen molar-refractivity contribution in [3.05, 3.63) is 103 Å². The Balaban J connectivity index is 1.46. The molecule has 0 radical (unpaired) electrons. The number of thiophene rings is 1. The van der Waals surface area contributed by atoms with Crippen LogP contribution < -0.4 is 18.9 Å². The Morgan fingerprint density at radius 1 is 0.676 bits per heavy atom. The summed E-state index contributed by atoms with van der Waals surface area (Å²) in [5.41, 5.74) is 2.12. The highest BCUT2D eigenvalue weighted by Gasteiger charge is 2.19. The second-order valence-corrected chi connectivity index (χ2v) is 8.72. The summed E-state index contributed by atoms with van der Waals surface area (Å²) in [6, 6.07) is 31.8. The largest absolute Gasteiger partial charge is 0.497 e. The molecule has 0 aliphatic carbocycles. The van der Waals surface area contributed by atoms with E-state index in [0.717, 1.165) is 54.8 Å². The third-order valence-electron chi connectivity index (χ3n) is 5.50. The number of ether oxygens (including phenoxy) is 4. The standard InChI is InChI=1S/C29H24O4S/c1-30-23-16-17-25-27(18-23)34-29(24-10-6-7-11-26(24)31-2)28(25)33-22-14-12-21(13-15-22)32-19-20-8-4-3-5-9-20/h3-18H,19H2,1-2H3. The van der Waals surface area contributed by atoms with E-state index in [2.05, 4.69) is 0 Å². The predicted molar refractivity (Wildman–Crippen MR) is 138 cm³/mol. The van der Waals surface area contributed by atoms with Gasteiger partial charge in [-0.3, -0.25) is 0 Å². The molecule has 0 amide bonds. The summed E-state index contributed by atoms with van der Waals surface area (Å²) >= 11 is 1.65. The van der Waals surface area contributed by atoms with Crippen LogP contribution in [-0.4, -0.2) is 14.2 Å². The smallest absolute Gasteiger partial charge is 0.154 e. The van der Waals surface area contributed by atoms with Gasteiger partial charge in [0.1, 0.15) is 29.6 Å². The first-order valence-electron chi connectivity index (χ1n) is 10.9. The summed E-state index contributed by atoms with van der Waals surface area (Å²) in [7, 11) is 3.36. The normalized spacial score (nSPS) is 10.8. The maximum Gasteiger partial charge on any atom is 0.154 e. The Hall–Kier alpha value is -3.96. The third kappa shape index (κ3) is 4.56. The second-order valence-electron chi connectivity index (χ2n) is 7.67. The van der Waals surface area contributed by atoms with E-state index in [9.17, 15) is 0 Å². The molecule has 0 aliphatic rings. The zero-order valence-electron chi connectivity index (χ0n) is 19.0. The molecule has 0 fully saturated rings. The average molecular weight is 469 g/mol. The Morgan fingerprint density at radius 3 is 2.15 bits per heavy atom. The summed E-state index contributed by atoms with van der Waals surface area (Å²) in [5.74, 6) is 3.94. The first-order chi connectivity index (χ1) is 16.7. The van der Waals surface area contributed by atoms with E-state index in [1.807, 2.05) is 97.1 Å². The van der Waals surface area contributed by atoms with Gasteiger partial charge in [0.25, 0.3) is 0 Å². The van der Waals surface area contributed by atoms with Crippen molar-refractivity contribution in [1.29, 1.82) is 0 Å². The number of benzene rings is 4. The number of para-hydroxylation sites is 1. The first-order valence-corrected chi connectivity index (χ1v) is 11.8. The van der Waals surface area contributed by atoms with Gasteiger partial charge in [-0.05, 0) is 60.2 Å². The second kappa shape index (κ2) is 9.89. The van der Waals surface area contributed by atoms with Gasteiger partial charge in [-0.2, -0.15) is 0 Å². The molecule has 0 N–H and O–H groups in total. The summed E-state index contributed by atoms with van der Waals surface area (Å²) in [6.07, 6.45) is 0. The van der Waals surface area contributed by atoms with Crippen molar-refractivity contribution < 1.29 is 18.9 Å². The van der Waals surface area contributed by atoms with Crippen molar-refractivity contribution in [1.82, 2.24) is 0 Å². The molecule has 0 bridgehead atoms. The van der Waals surface area contributed by atoms with Crippen LogP contribution in [0.15, 0.2) is 97.1 Å². The number of methoxy groups -OCH3 is 2. The predicted octanol–water partition coefficient (Wildman–Crippen LogP) is 7.96. The first kappa shape index (κ1) is 21.9. The van der Waals surface area contributed by atoms with Gasteiger partial charge in [0.05, 0.1) is 19.1 Å². The zero-order valence-corrected chi connectivity index (χ0v) is 19.8. The minimum atomic E-state index is 0.524. The van der Waals surface area contributed by atoms with Gasteiger partial charge in [-0.1, -0.05) is 42.5 Å². The molecule has 1 heterocycles. The monoisotopic (exact) mass is 468 g/mol. The average Bonchev–Trinajstić information content (AvgIpc) is 3.26. The van der Waals surface area contributed by atoms with Crippen LogP contribution in [-0.2, 0) is 6.61 Å². The van der Waals surface area contributed by atoms with Gasteiger partial charge in [0.15, 0.2) is 5.75 Å². The minimum Gasteiger partial charge on any atom is -0.497 e. The van der Waals surface area contributed by atoms with Crippen LogP contribution in [0.25, 0.3) is 20.5 Å². The fourth-order valence-corrected chi connectivity index (χ4v) is 4.94. The molecule has 5 aromatic rings. The van der Waals surface area contributed by atoms with Crippen molar-refractivity contribution in [3.8, 4) is 39.2 Å². The highest BCUT2D eigenvalue weighted by Crippen LogP contribution is 2.49. The maximum atomic E-state index is 6.47. The van der Waals surface area contributed by atoms with Crippen LogP contribution in [0.3, 0.4) is 0 Å². The third-order valence-corrected chi connectivity index (χ3v) is 6.66.